The average Bonchev–Trinajstić information content (AvgIpc) is 2.44. The summed E-state index contributed by atoms with van der Waals surface area (Å²) in [6.45, 7) is 3.01. The summed E-state index contributed by atoms with van der Waals surface area (Å²) in [5.74, 6) is 2.26. The Kier molecular flexibility index (Phi) is 4.44. The number of aldehydes is 1. The largest absolute Gasteiger partial charge is 0.492 e. The van der Waals surface area contributed by atoms with Crippen molar-refractivity contribution in [1.29, 1.82) is 0 Å². The van der Waals surface area contributed by atoms with Crippen LogP contribution >= 0.6 is 0 Å². The average molecular weight is 257 g/mol. The summed E-state index contributed by atoms with van der Waals surface area (Å²) in [5, 5.41) is 3.15. The first-order valence-electron chi connectivity index (χ1n) is 5.99. The third-order valence-corrected chi connectivity index (χ3v) is 2.47. The molecule has 0 saturated heterocycles. The molecule has 0 aliphatic heterocycles. The fourth-order valence-corrected chi connectivity index (χ4v) is 1.55. The van der Waals surface area contributed by atoms with Crippen LogP contribution in [0.5, 0.6) is 5.75 Å². The van der Waals surface area contributed by atoms with Crippen molar-refractivity contribution < 1.29 is 9.53 Å². The SMILES string of the molecule is Cc1nccc(NCCOc2ccc(C=O)cc2)n1. The van der Waals surface area contributed by atoms with Gasteiger partial charge in [0.1, 0.15) is 30.3 Å². The molecule has 0 aliphatic rings. The minimum Gasteiger partial charge on any atom is -0.492 e. The highest BCUT2D eigenvalue weighted by Crippen LogP contribution is 2.10. The second-order valence-corrected chi connectivity index (χ2v) is 3.95. The van der Waals surface area contributed by atoms with Gasteiger partial charge in [-0.05, 0) is 37.3 Å². The first-order valence-corrected chi connectivity index (χ1v) is 5.99. The van der Waals surface area contributed by atoms with E-state index in [1.165, 1.54) is 0 Å². The summed E-state index contributed by atoms with van der Waals surface area (Å²) in [5.41, 5.74) is 0.641. The first-order chi connectivity index (χ1) is 9.28. The summed E-state index contributed by atoms with van der Waals surface area (Å²) >= 11 is 0. The summed E-state index contributed by atoms with van der Waals surface area (Å²) < 4.78 is 5.54. The molecular formula is C14H15N3O2. The highest BCUT2D eigenvalue weighted by Gasteiger charge is 1.96. The van der Waals surface area contributed by atoms with Crippen molar-refractivity contribution in [3.8, 4) is 5.75 Å². The number of nitrogens with one attached hydrogen (secondary N) is 1. The first kappa shape index (κ1) is 13.0. The number of hydrogen-bond acceptors (Lipinski definition) is 5. The fraction of sp³-hybridized carbons (Fsp3) is 0.214. The van der Waals surface area contributed by atoms with Crippen molar-refractivity contribution in [3.63, 3.8) is 0 Å². The summed E-state index contributed by atoms with van der Waals surface area (Å²) in [6, 6.07) is 8.82. The number of nitrogens with zero attached hydrogens (tertiary/aromatic N) is 2. The van der Waals surface area contributed by atoms with Crippen molar-refractivity contribution in [2.45, 2.75) is 6.92 Å². The van der Waals surface area contributed by atoms with Crippen LogP contribution in [0.4, 0.5) is 5.82 Å². The van der Waals surface area contributed by atoms with Crippen LogP contribution in [-0.2, 0) is 0 Å². The number of aromatic nitrogens is 2. The molecule has 2 aromatic rings. The zero-order valence-corrected chi connectivity index (χ0v) is 10.7. The molecule has 2 rings (SSSR count). The Morgan fingerprint density at radius 1 is 1.26 bits per heavy atom. The van der Waals surface area contributed by atoms with Crippen LogP contribution in [0.25, 0.3) is 0 Å². The topological polar surface area (TPSA) is 64.1 Å². The minimum absolute atomic E-state index is 0.517. The highest BCUT2D eigenvalue weighted by atomic mass is 16.5. The van der Waals surface area contributed by atoms with Crippen LogP contribution in [-0.4, -0.2) is 29.4 Å². The molecule has 1 N–H and O–H groups in total. The second kappa shape index (κ2) is 6.49. The van der Waals surface area contributed by atoms with E-state index in [9.17, 15) is 4.79 Å². The molecule has 19 heavy (non-hydrogen) atoms. The number of anilines is 1. The van der Waals surface area contributed by atoms with Crippen molar-refractivity contribution >= 4 is 12.1 Å². The van der Waals surface area contributed by atoms with Gasteiger partial charge in [-0.25, -0.2) is 9.97 Å². The molecule has 0 fully saturated rings. The van der Waals surface area contributed by atoms with Crippen molar-refractivity contribution in [1.82, 2.24) is 9.97 Å². The third kappa shape index (κ3) is 4.06. The lowest BCUT2D eigenvalue weighted by Gasteiger charge is -2.08. The maximum absolute atomic E-state index is 10.5. The van der Waals surface area contributed by atoms with Crippen LogP contribution in [0.2, 0.25) is 0 Å². The number of carbonyl (C=O) groups excluding carboxylic acids is 1. The van der Waals surface area contributed by atoms with Gasteiger partial charge in [-0.1, -0.05) is 0 Å². The molecule has 0 spiro atoms. The molecule has 1 aromatic carbocycles. The number of aryl methyl sites for hydroxylation is 1. The Morgan fingerprint density at radius 3 is 2.74 bits per heavy atom. The van der Waals surface area contributed by atoms with E-state index >= 15 is 0 Å². The molecule has 0 unspecified atom stereocenters. The molecule has 5 heteroatoms. The van der Waals surface area contributed by atoms with Crippen LogP contribution in [0.15, 0.2) is 36.5 Å². The molecule has 98 valence electrons. The van der Waals surface area contributed by atoms with Crippen LogP contribution in [0.3, 0.4) is 0 Å². The monoisotopic (exact) mass is 257 g/mol. The van der Waals surface area contributed by atoms with Crippen LogP contribution in [0.1, 0.15) is 16.2 Å². The van der Waals surface area contributed by atoms with Gasteiger partial charge in [-0.15, -0.1) is 0 Å². The lowest BCUT2D eigenvalue weighted by atomic mass is 10.2. The van der Waals surface area contributed by atoms with Crippen molar-refractivity contribution in [3.05, 3.63) is 47.9 Å². The summed E-state index contributed by atoms with van der Waals surface area (Å²) in [7, 11) is 0. The molecular weight excluding hydrogens is 242 g/mol. The molecule has 0 saturated carbocycles. The number of hydrogen-bond donors (Lipinski definition) is 1. The van der Waals surface area contributed by atoms with Gasteiger partial charge in [0.2, 0.25) is 0 Å². The number of carbonyl (C=O) groups is 1. The van der Waals surface area contributed by atoms with Gasteiger partial charge in [0, 0.05) is 11.8 Å². The van der Waals surface area contributed by atoms with E-state index in [2.05, 4.69) is 15.3 Å². The van der Waals surface area contributed by atoms with Crippen molar-refractivity contribution in [2.24, 2.45) is 0 Å². The molecule has 0 bridgehead atoms. The van der Waals surface area contributed by atoms with Gasteiger partial charge in [0.25, 0.3) is 0 Å². The molecule has 0 radical (unpaired) electrons. The quantitative estimate of drug-likeness (QED) is 0.634. The standard InChI is InChI=1S/C14H15N3O2/c1-11-15-7-6-14(17-11)16-8-9-19-13-4-2-12(10-18)3-5-13/h2-7,10H,8-9H2,1H3,(H,15,16,17). The maximum atomic E-state index is 10.5. The van der Waals surface area contributed by atoms with Crippen LogP contribution < -0.4 is 10.1 Å². The Labute approximate surface area is 111 Å². The van der Waals surface area contributed by atoms with E-state index in [1.54, 1.807) is 30.5 Å². The maximum Gasteiger partial charge on any atom is 0.150 e. The number of rotatable bonds is 6. The van der Waals surface area contributed by atoms with E-state index in [-0.39, 0.29) is 0 Å². The summed E-state index contributed by atoms with van der Waals surface area (Å²) in [6.07, 6.45) is 2.52. The fourth-order valence-electron chi connectivity index (χ4n) is 1.55. The second-order valence-electron chi connectivity index (χ2n) is 3.95. The lowest BCUT2D eigenvalue weighted by Crippen LogP contribution is -2.12. The molecule has 1 aromatic heterocycles. The van der Waals surface area contributed by atoms with Crippen LogP contribution in [0, 0.1) is 6.92 Å². The Morgan fingerprint density at radius 2 is 2.05 bits per heavy atom. The minimum atomic E-state index is 0.517. The zero-order chi connectivity index (χ0) is 13.5. The number of ether oxygens (including phenoxy) is 1. The normalized spacial score (nSPS) is 9.95. The van der Waals surface area contributed by atoms with E-state index in [1.807, 2.05) is 13.0 Å². The van der Waals surface area contributed by atoms with Gasteiger partial charge in [-0.3, -0.25) is 4.79 Å². The molecule has 1 heterocycles. The zero-order valence-electron chi connectivity index (χ0n) is 10.7. The van der Waals surface area contributed by atoms with Gasteiger partial charge in [0.05, 0.1) is 6.54 Å². The van der Waals surface area contributed by atoms with E-state index in [0.29, 0.717) is 18.7 Å². The van der Waals surface area contributed by atoms with Gasteiger partial charge in [0.15, 0.2) is 0 Å². The molecule has 5 nitrogen and oxygen atoms in total. The van der Waals surface area contributed by atoms with Crippen molar-refractivity contribution in [2.75, 3.05) is 18.5 Å². The number of benzene rings is 1. The summed E-state index contributed by atoms with van der Waals surface area (Å²) in [4.78, 5) is 18.7. The van der Waals surface area contributed by atoms with Gasteiger partial charge in [-0.2, -0.15) is 0 Å². The molecule has 0 amide bonds. The Hall–Kier alpha value is -2.43. The molecule has 0 atom stereocenters. The highest BCUT2D eigenvalue weighted by molar-refractivity contribution is 5.74. The third-order valence-electron chi connectivity index (χ3n) is 2.47. The predicted molar refractivity (Wildman–Crippen MR) is 72.6 cm³/mol. The van der Waals surface area contributed by atoms with Gasteiger partial charge < -0.3 is 10.1 Å². The van der Waals surface area contributed by atoms with E-state index in [0.717, 1.165) is 23.7 Å². The Bertz CT molecular complexity index is 541. The lowest BCUT2D eigenvalue weighted by molar-refractivity contribution is 0.112. The Balaban J connectivity index is 1.75. The van der Waals surface area contributed by atoms with Gasteiger partial charge >= 0.3 is 0 Å². The smallest absolute Gasteiger partial charge is 0.150 e. The predicted octanol–water partition coefficient (Wildman–Crippen LogP) is 2.09. The van der Waals surface area contributed by atoms with E-state index in [4.69, 9.17) is 4.74 Å². The van der Waals surface area contributed by atoms with E-state index < -0.39 is 0 Å². The molecule has 0 aliphatic carbocycles.